The van der Waals surface area contributed by atoms with Gasteiger partial charge in [-0.25, -0.2) is 0 Å². The molecule has 28 heavy (non-hydrogen) atoms. The van der Waals surface area contributed by atoms with Gasteiger partial charge >= 0.3 is 0 Å². The topological polar surface area (TPSA) is 118 Å². The highest BCUT2D eigenvalue weighted by Gasteiger charge is 2.18. The third-order valence-corrected chi connectivity index (χ3v) is 4.40. The van der Waals surface area contributed by atoms with E-state index in [0.717, 1.165) is 5.56 Å². The summed E-state index contributed by atoms with van der Waals surface area (Å²) in [6.07, 6.45) is 0.326. The monoisotopic (exact) mass is 375 g/mol. The Morgan fingerprint density at radius 3 is 2.18 bits per heavy atom. The molecule has 6 nitrogen and oxygen atoms in total. The molecule has 6 N–H and O–H groups in total. The van der Waals surface area contributed by atoms with Gasteiger partial charge in [0.1, 0.15) is 5.75 Å². The number of phenols is 1. The Labute approximate surface area is 162 Å². The van der Waals surface area contributed by atoms with E-state index in [9.17, 15) is 14.7 Å². The van der Waals surface area contributed by atoms with E-state index in [0.29, 0.717) is 28.8 Å². The molecule has 0 aliphatic carbocycles. The highest BCUT2D eigenvalue weighted by molar-refractivity contribution is 6.04. The molecule has 2 amide bonds. The number of rotatable bonds is 6. The number of hydrogen-bond donors (Lipinski definition) is 4. The molecule has 0 aliphatic rings. The first-order valence-corrected chi connectivity index (χ1v) is 8.78. The average Bonchev–Trinajstić information content (AvgIpc) is 2.70. The zero-order chi connectivity index (χ0) is 20.1. The smallest absolute Gasteiger partial charge is 0.249 e. The standard InChI is InChI=1S/C22H21N3O3/c23-19(13-14-9-11-15(26)12-10-14)22(28)25-20-8-4-3-6-17(20)16-5-1-2-7-18(16)21(24)27/h1-12,19,26H,13,23H2,(H2,24,27)(H,25,28). The molecule has 3 aromatic carbocycles. The molecule has 0 bridgehead atoms. The van der Waals surface area contributed by atoms with E-state index in [4.69, 9.17) is 11.5 Å². The van der Waals surface area contributed by atoms with Crippen LogP contribution in [0.1, 0.15) is 15.9 Å². The van der Waals surface area contributed by atoms with Crippen molar-refractivity contribution in [2.45, 2.75) is 12.5 Å². The molecule has 0 heterocycles. The van der Waals surface area contributed by atoms with Crippen LogP contribution in [-0.4, -0.2) is 23.0 Å². The number of carbonyl (C=O) groups excluding carboxylic acids is 2. The van der Waals surface area contributed by atoms with Gasteiger partial charge in [-0.2, -0.15) is 0 Å². The van der Waals surface area contributed by atoms with Crippen LogP contribution in [0.3, 0.4) is 0 Å². The minimum absolute atomic E-state index is 0.156. The molecular formula is C22H21N3O3. The van der Waals surface area contributed by atoms with Crippen LogP contribution in [0.5, 0.6) is 5.75 Å². The third kappa shape index (κ3) is 4.36. The van der Waals surface area contributed by atoms with Gasteiger partial charge in [-0.15, -0.1) is 0 Å². The average molecular weight is 375 g/mol. The van der Waals surface area contributed by atoms with Crippen LogP contribution in [0.2, 0.25) is 0 Å². The van der Waals surface area contributed by atoms with Crippen molar-refractivity contribution in [3.8, 4) is 16.9 Å². The van der Waals surface area contributed by atoms with Gasteiger partial charge in [0.15, 0.2) is 0 Å². The van der Waals surface area contributed by atoms with Crippen LogP contribution in [-0.2, 0) is 11.2 Å². The van der Waals surface area contributed by atoms with Gasteiger partial charge in [0.2, 0.25) is 11.8 Å². The fourth-order valence-electron chi connectivity index (χ4n) is 2.96. The predicted molar refractivity (Wildman–Crippen MR) is 109 cm³/mol. The first-order chi connectivity index (χ1) is 13.5. The molecule has 6 heteroatoms. The van der Waals surface area contributed by atoms with Crippen molar-refractivity contribution in [3.05, 3.63) is 83.9 Å². The fraction of sp³-hybridized carbons (Fsp3) is 0.0909. The Morgan fingerprint density at radius 1 is 0.893 bits per heavy atom. The second-order valence-corrected chi connectivity index (χ2v) is 6.42. The molecule has 3 aromatic rings. The van der Waals surface area contributed by atoms with Gasteiger partial charge < -0.3 is 21.9 Å². The second-order valence-electron chi connectivity index (χ2n) is 6.42. The van der Waals surface area contributed by atoms with Gasteiger partial charge in [-0.1, -0.05) is 48.5 Å². The van der Waals surface area contributed by atoms with Crippen LogP contribution in [0.15, 0.2) is 72.8 Å². The summed E-state index contributed by atoms with van der Waals surface area (Å²) < 4.78 is 0. The van der Waals surface area contributed by atoms with E-state index in [1.807, 2.05) is 12.1 Å². The summed E-state index contributed by atoms with van der Waals surface area (Å²) in [5.41, 5.74) is 14.6. The van der Waals surface area contributed by atoms with Crippen molar-refractivity contribution in [2.75, 3.05) is 5.32 Å². The Hall–Kier alpha value is -3.64. The molecule has 142 valence electrons. The largest absolute Gasteiger partial charge is 0.508 e. The van der Waals surface area contributed by atoms with Crippen molar-refractivity contribution in [3.63, 3.8) is 0 Å². The molecule has 0 saturated heterocycles. The van der Waals surface area contributed by atoms with Crippen LogP contribution < -0.4 is 16.8 Å². The lowest BCUT2D eigenvalue weighted by Gasteiger charge is -2.16. The highest BCUT2D eigenvalue weighted by Crippen LogP contribution is 2.30. The number of primary amides is 1. The zero-order valence-corrected chi connectivity index (χ0v) is 15.1. The predicted octanol–water partition coefficient (Wildman–Crippen LogP) is 2.67. The molecule has 1 atom stereocenters. The minimum Gasteiger partial charge on any atom is -0.508 e. The molecule has 1 unspecified atom stereocenters. The Bertz CT molecular complexity index is 1000. The van der Waals surface area contributed by atoms with Crippen molar-refractivity contribution in [1.29, 1.82) is 0 Å². The van der Waals surface area contributed by atoms with E-state index in [-0.39, 0.29) is 11.7 Å². The van der Waals surface area contributed by atoms with Gasteiger partial charge in [-0.05, 0) is 41.8 Å². The van der Waals surface area contributed by atoms with Crippen LogP contribution in [0.25, 0.3) is 11.1 Å². The maximum atomic E-state index is 12.6. The molecule has 0 radical (unpaired) electrons. The van der Waals surface area contributed by atoms with Gasteiger partial charge in [-0.3, -0.25) is 9.59 Å². The van der Waals surface area contributed by atoms with Gasteiger partial charge in [0.25, 0.3) is 0 Å². The lowest BCUT2D eigenvalue weighted by atomic mass is 9.97. The van der Waals surface area contributed by atoms with Crippen LogP contribution in [0, 0.1) is 0 Å². The highest BCUT2D eigenvalue weighted by atomic mass is 16.3. The third-order valence-electron chi connectivity index (χ3n) is 4.40. The van der Waals surface area contributed by atoms with Crippen molar-refractivity contribution < 1.29 is 14.7 Å². The normalized spacial score (nSPS) is 11.6. The summed E-state index contributed by atoms with van der Waals surface area (Å²) in [4.78, 5) is 24.4. The Balaban J connectivity index is 1.83. The zero-order valence-electron chi connectivity index (χ0n) is 15.1. The fourth-order valence-corrected chi connectivity index (χ4v) is 2.96. The number of phenolic OH excluding ortho intramolecular Hbond substituents is 1. The summed E-state index contributed by atoms with van der Waals surface area (Å²) in [6, 6.07) is 19.9. The molecule has 0 fully saturated rings. The van der Waals surface area contributed by atoms with Crippen LogP contribution in [0.4, 0.5) is 5.69 Å². The summed E-state index contributed by atoms with van der Waals surface area (Å²) in [7, 11) is 0. The van der Waals surface area contributed by atoms with E-state index < -0.39 is 11.9 Å². The van der Waals surface area contributed by atoms with E-state index in [1.165, 1.54) is 0 Å². The minimum atomic E-state index is -0.774. The first-order valence-electron chi connectivity index (χ1n) is 8.78. The number of anilines is 1. The lowest BCUT2D eigenvalue weighted by Crippen LogP contribution is -2.37. The Morgan fingerprint density at radius 2 is 1.50 bits per heavy atom. The quantitative estimate of drug-likeness (QED) is 0.529. The van der Waals surface area contributed by atoms with Crippen molar-refractivity contribution in [2.24, 2.45) is 11.5 Å². The number of aromatic hydroxyl groups is 1. The summed E-state index contributed by atoms with van der Waals surface area (Å²) >= 11 is 0. The molecule has 0 aliphatic heterocycles. The molecule has 0 aromatic heterocycles. The lowest BCUT2D eigenvalue weighted by molar-refractivity contribution is -0.117. The van der Waals surface area contributed by atoms with Gasteiger partial charge in [0, 0.05) is 16.8 Å². The number of para-hydroxylation sites is 1. The number of nitrogens with two attached hydrogens (primary N) is 2. The first kappa shape index (κ1) is 19.1. The molecular weight excluding hydrogens is 354 g/mol. The molecule has 0 saturated carbocycles. The summed E-state index contributed by atoms with van der Waals surface area (Å²) in [5, 5.41) is 12.2. The number of carbonyl (C=O) groups is 2. The number of amides is 2. The maximum Gasteiger partial charge on any atom is 0.249 e. The Kier molecular flexibility index (Phi) is 5.72. The number of hydrogen-bond acceptors (Lipinski definition) is 4. The molecule has 3 rings (SSSR count). The number of benzene rings is 3. The maximum absolute atomic E-state index is 12.6. The van der Waals surface area contributed by atoms with Gasteiger partial charge in [0.05, 0.1) is 6.04 Å². The summed E-state index contributed by atoms with van der Waals surface area (Å²) in [6.45, 7) is 0. The van der Waals surface area contributed by atoms with E-state index in [1.54, 1.807) is 60.7 Å². The van der Waals surface area contributed by atoms with E-state index in [2.05, 4.69) is 5.32 Å². The second kappa shape index (κ2) is 8.37. The van der Waals surface area contributed by atoms with E-state index >= 15 is 0 Å². The van der Waals surface area contributed by atoms with Crippen LogP contribution >= 0.6 is 0 Å². The SMILES string of the molecule is NC(=O)c1ccccc1-c1ccccc1NC(=O)C(N)Cc1ccc(O)cc1. The molecule has 0 spiro atoms. The van der Waals surface area contributed by atoms with Crippen molar-refractivity contribution >= 4 is 17.5 Å². The summed E-state index contributed by atoms with van der Waals surface area (Å²) in [5.74, 6) is -0.735. The van der Waals surface area contributed by atoms with Crippen molar-refractivity contribution in [1.82, 2.24) is 0 Å². The number of nitrogens with one attached hydrogen (secondary N) is 1.